The minimum Gasteiger partial charge on any atom is -0.333 e. The van der Waals surface area contributed by atoms with E-state index in [9.17, 15) is 9.59 Å². The normalized spacial score (nSPS) is 18.1. The number of rotatable bonds is 9. The Balaban J connectivity index is 1.61. The van der Waals surface area contributed by atoms with Gasteiger partial charge in [0.05, 0.1) is 12.2 Å². The van der Waals surface area contributed by atoms with Crippen LogP contribution in [0.1, 0.15) is 30.0 Å². The van der Waals surface area contributed by atoms with Gasteiger partial charge < -0.3 is 15.1 Å². The second-order valence-corrected chi connectivity index (χ2v) is 8.48. The molecule has 1 N–H and O–H groups in total. The largest absolute Gasteiger partial charge is 0.333 e. The highest BCUT2D eigenvalue weighted by Gasteiger charge is 2.45. The topological polar surface area (TPSA) is 65.5 Å². The Morgan fingerprint density at radius 1 is 1.21 bits per heavy atom. The minimum absolute atomic E-state index is 0.0170. The molecule has 2 aromatic rings. The van der Waals surface area contributed by atoms with Gasteiger partial charge in [0.15, 0.2) is 5.13 Å². The minimum atomic E-state index is -0.190. The number of amides is 2. The molecule has 1 aliphatic carbocycles. The number of carbonyl (C=O) groups is 2. The van der Waals surface area contributed by atoms with Crippen molar-refractivity contribution in [2.75, 3.05) is 39.0 Å². The van der Waals surface area contributed by atoms with Crippen molar-refractivity contribution in [3.05, 3.63) is 47.0 Å². The highest BCUT2D eigenvalue weighted by molar-refractivity contribution is 7.13. The number of nitrogens with one attached hydrogen (secondary N) is 1. The number of thiazole rings is 1. The van der Waals surface area contributed by atoms with Crippen molar-refractivity contribution >= 4 is 28.3 Å². The van der Waals surface area contributed by atoms with Crippen LogP contribution in [-0.2, 0) is 9.59 Å². The Kier molecular flexibility index (Phi) is 6.80. The second-order valence-electron chi connectivity index (χ2n) is 7.62. The molecule has 0 radical (unpaired) electrons. The first kappa shape index (κ1) is 20.5. The summed E-state index contributed by atoms with van der Waals surface area (Å²) in [5, 5.41) is 5.29. The fourth-order valence-corrected chi connectivity index (χ4v) is 4.06. The third-order valence-electron chi connectivity index (χ3n) is 4.88. The standard InChI is InChI=1S/C21H28N4O2S/c1-15-14-28-21(22-15)23-19(26)13-25(11-7-10-24(2)3)20(27)18-12-17(18)16-8-5-4-6-9-16/h4-6,8-9,14,17-18H,7,10-13H2,1-3H3,(H,22,23,26). The molecule has 2 atom stereocenters. The summed E-state index contributed by atoms with van der Waals surface area (Å²) in [5.41, 5.74) is 2.08. The molecule has 0 spiro atoms. The van der Waals surface area contributed by atoms with Crippen molar-refractivity contribution < 1.29 is 9.59 Å². The molecule has 1 aromatic heterocycles. The zero-order valence-electron chi connectivity index (χ0n) is 16.7. The summed E-state index contributed by atoms with van der Waals surface area (Å²) in [6, 6.07) is 10.2. The number of hydrogen-bond donors (Lipinski definition) is 1. The maximum absolute atomic E-state index is 13.1. The number of hydrogen-bond acceptors (Lipinski definition) is 5. The predicted molar refractivity (Wildman–Crippen MR) is 113 cm³/mol. The molecular weight excluding hydrogens is 372 g/mol. The van der Waals surface area contributed by atoms with Gasteiger partial charge in [-0.3, -0.25) is 9.59 Å². The lowest BCUT2D eigenvalue weighted by Crippen LogP contribution is -2.40. The number of aromatic nitrogens is 1. The van der Waals surface area contributed by atoms with Gasteiger partial charge in [-0.25, -0.2) is 4.98 Å². The smallest absolute Gasteiger partial charge is 0.245 e. The average molecular weight is 401 g/mol. The van der Waals surface area contributed by atoms with E-state index < -0.39 is 0 Å². The van der Waals surface area contributed by atoms with E-state index in [2.05, 4.69) is 27.3 Å². The summed E-state index contributed by atoms with van der Waals surface area (Å²) in [7, 11) is 4.02. The Morgan fingerprint density at radius 2 is 1.96 bits per heavy atom. The SMILES string of the molecule is Cc1csc(NC(=O)CN(CCCN(C)C)C(=O)C2CC2c2ccccc2)n1. The molecule has 1 aromatic carbocycles. The molecule has 2 unspecified atom stereocenters. The molecule has 28 heavy (non-hydrogen) atoms. The van der Waals surface area contributed by atoms with Crippen LogP contribution in [0.15, 0.2) is 35.7 Å². The van der Waals surface area contributed by atoms with Crippen LogP contribution in [0.3, 0.4) is 0 Å². The van der Waals surface area contributed by atoms with E-state index in [0.29, 0.717) is 11.7 Å². The lowest BCUT2D eigenvalue weighted by Gasteiger charge is -2.23. The van der Waals surface area contributed by atoms with E-state index in [1.54, 1.807) is 4.90 Å². The van der Waals surface area contributed by atoms with Gasteiger partial charge in [0.1, 0.15) is 0 Å². The van der Waals surface area contributed by atoms with E-state index in [0.717, 1.165) is 25.1 Å². The third kappa shape index (κ3) is 5.62. The van der Waals surface area contributed by atoms with Crippen LogP contribution in [0.5, 0.6) is 0 Å². The van der Waals surface area contributed by atoms with Crippen LogP contribution >= 0.6 is 11.3 Å². The number of carbonyl (C=O) groups excluding carboxylic acids is 2. The zero-order chi connectivity index (χ0) is 20.1. The van der Waals surface area contributed by atoms with E-state index in [1.165, 1.54) is 16.9 Å². The van der Waals surface area contributed by atoms with Crippen molar-refractivity contribution in [3.8, 4) is 0 Å². The van der Waals surface area contributed by atoms with Crippen molar-refractivity contribution in [1.82, 2.24) is 14.8 Å². The van der Waals surface area contributed by atoms with Gasteiger partial charge in [-0.1, -0.05) is 30.3 Å². The molecule has 0 aliphatic heterocycles. The molecule has 150 valence electrons. The van der Waals surface area contributed by atoms with Crippen molar-refractivity contribution in [2.24, 2.45) is 5.92 Å². The van der Waals surface area contributed by atoms with Gasteiger partial charge in [0.25, 0.3) is 0 Å². The summed E-state index contributed by atoms with van der Waals surface area (Å²) in [6.07, 6.45) is 1.70. The third-order valence-corrected chi connectivity index (χ3v) is 5.76. The van der Waals surface area contributed by atoms with E-state index in [4.69, 9.17) is 0 Å². The molecule has 3 rings (SSSR count). The first-order valence-corrected chi connectivity index (χ1v) is 10.5. The van der Waals surface area contributed by atoms with Crippen LogP contribution < -0.4 is 5.32 Å². The van der Waals surface area contributed by atoms with E-state index >= 15 is 0 Å². The molecule has 0 bridgehead atoms. The van der Waals surface area contributed by atoms with Crippen LogP contribution in [0.2, 0.25) is 0 Å². The zero-order valence-corrected chi connectivity index (χ0v) is 17.5. The fraction of sp³-hybridized carbons (Fsp3) is 0.476. The van der Waals surface area contributed by atoms with Gasteiger partial charge in [-0.2, -0.15) is 0 Å². The monoisotopic (exact) mass is 400 g/mol. The van der Waals surface area contributed by atoms with E-state index in [-0.39, 0.29) is 30.2 Å². The maximum Gasteiger partial charge on any atom is 0.245 e. The molecule has 1 saturated carbocycles. The molecule has 2 amide bonds. The number of benzene rings is 1. The average Bonchev–Trinajstić information content (AvgIpc) is 3.36. The van der Waals surface area contributed by atoms with Gasteiger partial charge in [-0.05, 0) is 51.9 Å². The number of nitrogens with zero attached hydrogens (tertiary/aromatic N) is 3. The van der Waals surface area contributed by atoms with Crippen molar-refractivity contribution in [3.63, 3.8) is 0 Å². The van der Waals surface area contributed by atoms with Crippen LogP contribution in [0.4, 0.5) is 5.13 Å². The van der Waals surface area contributed by atoms with Gasteiger partial charge in [-0.15, -0.1) is 11.3 Å². The highest BCUT2D eigenvalue weighted by Crippen LogP contribution is 2.48. The molecule has 7 heteroatoms. The molecule has 6 nitrogen and oxygen atoms in total. The molecular formula is C21H28N4O2S. The fourth-order valence-electron chi connectivity index (χ4n) is 3.36. The summed E-state index contributed by atoms with van der Waals surface area (Å²) in [5.74, 6) is 0.147. The first-order valence-electron chi connectivity index (χ1n) is 9.64. The molecule has 1 fully saturated rings. The quantitative estimate of drug-likeness (QED) is 0.703. The van der Waals surface area contributed by atoms with Crippen molar-refractivity contribution in [1.29, 1.82) is 0 Å². The van der Waals surface area contributed by atoms with Crippen LogP contribution in [0, 0.1) is 12.8 Å². The summed E-state index contributed by atoms with van der Waals surface area (Å²) in [4.78, 5) is 33.6. The van der Waals surface area contributed by atoms with Crippen molar-refractivity contribution in [2.45, 2.75) is 25.7 Å². The summed E-state index contributed by atoms with van der Waals surface area (Å²) in [6.45, 7) is 3.42. The van der Waals surface area contributed by atoms with Crippen LogP contribution in [0.25, 0.3) is 0 Å². The highest BCUT2D eigenvalue weighted by atomic mass is 32.1. The number of aryl methyl sites for hydroxylation is 1. The van der Waals surface area contributed by atoms with Gasteiger partial charge in [0, 0.05) is 17.8 Å². The Bertz CT molecular complexity index is 806. The van der Waals surface area contributed by atoms with Gasteiger partial charge >= 0.3 is 0 Å². The Hall–Kier alpha value is -2.25. The van der Waals surface area contributed by atoms with Gasteiger partial charge in [0.2, 0.25) is 11.8 Å². The lowest BCUT2D eigenvalue weighted by atomic mass is 10.1. The predicted octanol–water partition coefficient (Wildman–Crippen LogP) is 2.97. The first-order chi connectivity index (χ1) is 13.4. The maximum atomic E-state index is 13.1. The summed E-state index contributed by atoms with van der Waals surface area (Å²) < 4.78 is 0. The molecule has 0 saturated heterocycles. The Morgan fingerprint density at radius 3 is 2.61 bits per heavy atom. The van der Waals surface area contributed by atoms with Crippen LogP contribution in [-0.4, -0.2) is 60.3 Å². The second kappa shape index (κ2) is 9.30. The molecule has 1 heterocycles. The van der Waals surface area contributed by atoms with E-state index in [1.807, 2.05) is 44.6 Å². The molecule has 1 aliphatic rings. The Labute approximate surface area is 170 Å². The number of anilines is 1. The summed E-state index contributed by atoms with van der Waals surface area (Å²) >= 11 is 1.40. The lowest BCUT2D eigenvalue weighted by molar-refractivity contribution is -0.136.